The van der Waals surface area contributed by atoms with Crippen molar-refractivity contribution in [3.05, 3.63) is 29.8 Å². The highest BCUT2D eigenvalue weighted by atomic mass is 32.2. The average Bonchev–Trinajstić information content (AvgIpc) is 2.86. The Hall–Kier alpha value is -1.40. The largest absolute Gasteiger partial charge is 0.348 e. The van der Waals surface area contributed by atoms with Crippen molar-refractivity contribution in [1.29, 1.82) is 0 Å². The molecule has 2 rings (SSSR count). The fourth-order valence-corrected chi connectivity index (χ4v) is 3.29. The monoisotopic (exact) mass is 310 g/mol. The number of rotatable bonds is 4. The molecule has 0 aromatic heterocycles. The van der Waals surface area contributed by atoms with E-state index >= 15 is 0 Å². The smallest absolute Gasteiger partial charge is 0.240 e. The Morgan fingerprint density at radius 2 is 1.76 bits per heavy atom. The number of nitrogens with one attached hydrogen (secondary N) is 1. The van der Waals surface area contributed by atoms with E-state index in [1.54, 1.807) is 24.3 Å². The Morgan fingerprint density at radius 3 is 2.24 bits per heavy atom. The van der Waals surface area contributed by atoms with Crippen LogP contribution in [0.4, 0.5) is 0 Å². The highest BCUT2D eigenvalue weighted by molar-refractivity contribution is 7.90. The summed E-state index contributed by atoms with van der Waals surface area (Å²) in [5, 5.41) is 2.92. The van der Waals surface area contributed by atoms with E-state index in [1.807, 2.05) is 6.92 Å². The molecule has 0 spiro atoms. The molecule has 5 nitrogen and oxygen atoms in total. The molecule has 1 saturated carbocycles. The van der Waals surface area contributed by atoms with Crippen molar-refractivity contribution < 1.29 is 13.2 Å². The van der Waals surface area contributed by atoms with Crippen LogP contribution < -0.4 is 11.1 Å². The molecule has 1 aliphatic rings. The number of carbonyl (C=O) groups is 1. The summed E-state index contributed by atoms with van der Waals surface area (Å²) < 4.78 is 22.8. The minimum Gasteiger partial charge on any atom is -0.348 e. The highest BCUT2D eigenvalue weighted by Gasteiger charge is 2.37. The first-order valence-electron chi connectivity index (χ1n) is 7.12. The second-order valence-corrected chi connectivity index (χ2v) is 7.92. The third kappa shape index (κ3) is 3.63. The molecule has 1 amide bonds. The van der Waals surface area contributed by atoms with Crippen molar-refractivity contribution in [2.24, 2.45) is 5.73 Å². The molecule has 6 heteroatoms. The van der Waals surface area contributed by atoms with Crippen LogP contribution in [-0.4, -0.2) is 26.1 Å². The Bertz CT molecular complexity index is 617. The Kier molecular flexibility index (Phi) is 4.39. The summed E-state index contributed by atoms with van der Waals surface area (Å²) in [6.07, 6.45) is 4.59. The first-order valence-corrected chi connectivity index (χ1v) is 9.01. The van der Waals surface area contributed by atoms with Crippen molar-refractivity contribution in [3.63, 3.8) is 0 Å². The van der Waals surface area contributed by atoms with Crippen molar-refractivity contribution in [2.45, 2.75) is 49.1 Å². The lowest BCUT2D eigenvalue weighted by molar-refractivity contribution is -0.126. The van der Waals surface area contributed by atoms with Crippen LogP contribution in [0.3, 0.4) is 0 Å². The number of carbonyl (C=O) groups excluding carboxylic acids is 1. The molecule has 1 unspecified atom stereocenters. The predicted octanol–water partition coefficient (Wildman–Crippen LogP) is 1.54. The molecule has 21 heavy (non-hydrogen) atoms. The van der Waals surface area contributed by atoms with Crippen LogP contribution in [0.5, 0.6) is 0 Å². The summed E-state index contributed by atoms with van der Waals surface area (Å²) in [7, 11) is -3.20. The summed E-state index contributed by atoms with van der Waals surface area (Å²) in [5.41, 5.74) is 6.23. The van der Waals surface area contributed by atoms with E-state index in [1.165, 1.54) is 6.26 Å². The van der Waals surface area contributed by atoms with Gasteiger partial charge in [-0.25, -0.2) is 8.42 Å². The van der Waals surface area contributed by atoms with Crippen LogP contribution >= 0.6 is 0 Å². The molecular weight excluding hydrogens is 288 g/mol. The van der Waals surface area contributed by atoms with E-state index < -0.39 is 15.4 Å². The predicted molar refractivity (Wildman–Crippen MR) is 81.5 cm³/mol. The topological polar surface area (TPSA) is 89.3 Å². The maximum Gasteiger partial charge on any atom is 0.240 e. The van der Waals surface area contributed by atoms with Gasteiger partial charge in [-0.3, -0.25) is 4.79 Å². The minimum atomic E-state index is -3.20. The van der Waals surface area contributed by atoms with Crippen molar-refractivity contribution in [1.82, 2.24) is 5.32 Å². The fraction of sp³-hybridized carbons (Fsp3) is 0.533. The first kappa shape index (κ1) is 16.0. The molecule has 1 atom stereocenters. The summed E-state index contributed by atoms with van der Waals surface area (Å²) in [5.74, 6) is -0.125. The van der Waals surface area contributed by atoms with Crippen LogP contribution in [0.15, 0.2) is 29.2 Å². The van der Waals surface area contributed by atoms with E-state index in [4.69, 9.17) is 5.73 Å². The summed E-state index contributed by atoms with van der Waals surface area (Å²) in [4.78, 5) is 12.5. The maximum atomic E-state index is 12.2. The van der Waals surface area contributed by atoms with Gasteiger partial charge in [-0.05, 0) is 37.5 Å². The van der Waals surface area contributed by atoms with Gasteiger partial charge in [-0.1, -0.05) is 25.0 Å². The molecule has 0 aliphatic heterocycles. The minimum absolute atomic E-state index is 0.125. The van der Waals surface area contributed by atoms with Gasteiger partial charge in [0.1, 0.15) is 0 Å². The zero-order valence-corrected chi connectivity index (χ0v) is 13.2. The Morgan fingerprint density at radius 1 is 1.24 bits per heavy atom. The van der Waals surface area contributed by atoms with E-state index in [2.05, 4.69) is 5.32 Å². The number of sulfone groups is 1. The molecule has 1 aromatic carbocycles. The standard InChI is InChI=1S/C15H22N2O3S/c1-11(17-14(18)15(16)9-3-4-10-15)12-5-7-13(8-6-12)21(2,19)20/h5-8,11H,3-4,9-10,16H2,1-2H3,(H,17,18). The van der Waals surface area contributed by atoms with Crippen molar-refractivity contribution >= 4 is 15.7 Å². The van der Waals surface area contributed by atoms with Crippen molar-refractivity contribution in [3.8, 4) is 0 Å². The van der Waals surface area contributed by atoms with Crippen LogP contribution in [0, 0.1) is 0 Å². The Balaban J connectivity index is 2.06. The van der Waals surface area contributed by atoms with Gasteiger partial charge in [-0.2, -0.15) is 0 Å². The zero-order valence-electron chi connectivity index (χ0n) is 12.4. The molecule has 0 saturated heterocycles. The molecule has 1 aromatic rings. The first-order chi connectivity index (χ1) is 9.72. The average molecular weight is 310 g/mol. The van der Waals surface area contributed by atoms with E-state index in [0.717, 1.165) is 31.2 Å². The van der Waals surface area contributed by atoms with Gasteiger partial charge in [0, 0.05) is 6.26 Å². The lowest BCUT2D eigenvalue weighted by Gasteiger charge is -2.25. The van der Waals surface area contributed by atoms with Gasteiger partial charge >= 0.3 is 0 Å². The highest BCUT2D eigenvalue weighted by Crippen LogP contribution is 2.28. The number of hydrogen-bond donors (Lipinski definition) is 2. The molecule has 0 bridgehead atoms. The summed E-state index contributed by atoms with van der Waals surface area (Å²) in [6, 6.07) is 6.35. The molecule has 116 valence electrons. The van der Waals surface area contributed by atoms with Gasteiger partial charge in [0.15, 0.2) is 9.84 Å². The normalized spacial score (nSPS) is 19.2. The van der Waals surface area contributed by atoms with Crippen LogP contribution in [0.1, 0.15) is 44.2 Å². The summed E-state index contributed by atoms with van der Waals surface area (Å²) in [6.45, 7) is 1.87. The number of nitrogens with two attached hydrogens (primary N) is 1. The van der Waals surface area contributed by atoms with Gasteiger partial charge < -0.3 is 11.1 Å². The second kappa shape index (κ2) is 5.77. The van der Waals surface area contributed by atoms with Crippen molar-refractivity contribution in [2.75, 3.05) is 6.26 Å². The van der Waals surface area contributed by atoms with E-state index in [-0.39, 0.29) is 16.8 Å². The number of benzene rings is 1. The van der Waals surface area contributed by atoms with Crippen LogP contribution in [0.25, 0.3) is 0 Å². The maximum absolute atomic E-state index is 12.2. The molecular formula is C15H22N2O3S. The molecule has 0 radical (unpaired) electrons. The van der Waals surface area contributed by atoms with Crippen LogP contribution in [-0.2, 0) is 14.6 Å². The molecule has 0 heterocycles. The molecule has 1 fully saturated rings. The number of amides is 1. The van der Waals surface area contributed by atoms with Gasteiger partial charge in [0.05, 0.1) is 16.5 Å². The lowest BCUT2D eigenvalue weighted by atomic mass is 9.97. The quantitative estimate of drug-likeness (QED) is 0.883. The molecule has 3 N–H and O–H groups in total. The zero-order chi connectivity index (χ0) is 15.7. The van der Waals surface area contributed by atoms with E-state index in [9.17, 15) is 13.2 Å². The second-order valence-electron chi connectivity index (χ2n) is 5.90. The third-order valence-corrected chi connectivity index (χ3v) is 5.23. The molecule has 1 aliphatic carbocycles. The third-order valence-electron chi connectivity index (χ3n) is 4.10. The Labute approximate surface area is 125 Å². The fourth-order valence-electron chi connectivity index (χ4n) is 2.66. The summed E-state index contributed by atoms with van der Waals surface area (Å²) >= 11 is 0. The van der Waals surface area contributed by atoms with Crippen LogP contribution in [0.2, 0.25) is 0 Å². The van der Waals surface area contributed by atoms with E-state index in [0.29, 0.717) is 0 Å². The van der Waals surface area contributed by atoms with Gasteiger partial charge in [0.25, 0.3) is 0 Å². The SMILES string of the molecule is CC(NC(=O)C1(N)CCCC1)c1ccc(S(C)(=O)=O)cc1. The number of hydrogen-bond acceptors (Lipinski definition) is 4. The van der Waals surface area contributed by atoms with Gasteiger partial charge in [-0.15, -0.1) is 0 Å². The van der Waals surface area contributed by atoms with Gasteiger partial charge in [0.2, 0.25) is 5.91 Å². The lowest BCUT2D eigenvalue weighted by Crippen LogP contribution is -2.52.